The second kappa shape index (κ2) is 7.83. The Morgan fingerprint density at radius 2 is 1.55 bits per heavy atom. The molecule has 0 unspecified atom stereocenters. The summed E-state index contributed by atoms with van der Waals surface area (Å²) in [6, 6.07) is 0. The lowest BCUT2D eigenvalue weighted by molar-refractivity contribution is -0.148. The summed E-state index contributed by atoms with van der Waals surface area (Å²) < 4.78 is 0. The molecule has 0 radical (unpaired) electrons. The first-order valence-electron chi connectivity index (χ1n) is 13.3. The first-order valence-corrected chi connectivity index (χ1v) is 13.3. The zero-order chi connectivity index (χ0) is 21.0. The second-order valence-corrected chi connectivity index (χ2v) is 13.2. The van der Waals surface area contributed by atoms with Crippen LogP contribution in [-0.2, 0) is 0 Å². The molecule has 0 aromatic heterocycles. The Kier molecular flexibility index (Phi) is 5.98. The first kappa shape index (κ1) is 22.2. The normalized spacial score (nSPS) is 51.6. The van der Waals surface area contributed by atoms with Crippen LogP contribution in [0.15, 0.2) is 0 Å². The second-order valence-electron chi connectivity index (χ2n) is 13.2. The molecule has 0 spiro atoms. The predicted molar refractivity (Wildman–Crippen MR) is 124 cm³/mol. The summed E-state index contributed by atoms with van der Waals surface area (Å²) >= 11 is 0. The van der Waals surface area contributed by atoms with Crippen molar-refractivity contribution in [1.29, 1.82) is 0 Å². The lowest BCUT2D eigenvalue weighted by Crippen LogP contribution is -2.55. The van der Waals surface area contributed by atoms with Crippen molar-refractivity contribution in [2.45, 2.75) is 124 Å². The average Bonchev–Trinajstić information content (AvgIpc) is 3.03. The van der Waals surface area contributed by atoms with E-state index in [9.17, 15) is 5.11 Å². The minimum atomic E-state index is -0.399. The SMILES string of the molecule is CC[C@@H](C)CC[C@@H](C)[C@H]1CC[C@H]2[C@@H]3CC[C@H]4C[C@@](C)(O)CC[C@]4(C)[C@H]3CC[C@]12C. The van der Waals surface area contributed by atoms with Gasteiger partial charge in [0.25, 0.3) is 0 Å². The van der Waals surface area contributed by atoms with E-state index in [1.807, 2.05) is 0 Å². The highest BCUT2D eigenvalue weighted by atomic mass is 16.3. The van der Waals surface area contributed by atoms with Gasteiger partial charge < -0.3 is 5.11 Å². The molecule has 10 atom stereocenters. The van der Waals surface area contributed by atoms with Crippen molar-refractivity contribution < 1.29 is 5.11 Å². The van der Waals surface area contributed by atoms with Gasteiger partial charge in [0.05, 0.1) is 5.60 Å². The van der Waals surface area contributed by atoms with E-state index in [0.29, 0.717) is 10.8 Å². The van der Waals surface area contributed by atoms with Crippen molar-refractivity contribution in [3.63, 3.8) is 0 Å². The molecule has 1 N–H and O–H groups in total. The quantitative estimate of drug-likeness (QED) is 0.496. The fourth-order valence-corrected chi connectivity index (χ4v) is 9.36. The molecule has 4 saturated carbocycles. The lowest BCUT2D eigenvalue weighted by atomic mass is 9.43. The van der Waals surface area contributed by atoms with Crippen LogP contribution in [-0.4, -0.2) is 10.7 Å². The van der Waals surface area contributed by atoms with Crippen LogP contribution in [0, 0.1) is 52.3 Å². The van der Waals surface area contributed by atoms with Crippen LogP contribution in [0.5, 0.6) is 0 Å². The third-order valence-corrected chi connectivity index (χ3v) is 11.5. The van der Waals surface area contributed by atoms with E-state index in [0.717, 1.165) is 54.3 Å². The summed E-state index contributed by atoms with van der Waals surface area (Å²) in [4.78, 5) is 0. The fourth-order valence-electron chi connectivity index (χ4n) is 9.36. The molecule has 0 aliphatic heterocycles. The van der Waals surface area contributed by atoms with Crippen molar-refractivity contribution in [1.82, 2.24) is 0 Å². The summed E-state index contributed by atoms with van der Waals surface area (Å²) in [6.07, 6.45) is 16.4. The molecule has 29 heavy (non-hydrogen) atoms. The van der Waals surface area contributed by atoms with Crippen molar-refractivity contribution in [2.75, 3.05) is 0 Å². The van der Waals surface area contributed by atoms with Gasteiger partial charge in [-0.3, -0.25) is 0 Å². The van der Waals surface area contributed by atoms with E-state index in [1.165, 1.54) is 64.2 Å². The monoisotopic (exact) mass is 402 g/mol. The van der Waals surface area contributed by atoms with Gasteiger partial charge >= 0.3 is 0 Å². The van der Waals surface area contributed by atoms with Crippen molar-refractivity contribution in [3.05, 3.63) is 0 Å². The van der Waals surface area contributed by atoms with Crippen LogP contribution in [0.4, 0.5) is 0 Å². The first-order chi connectivity index (χ1) is 13.6. The van der Waals surface area contributed by atoms with E-state index in [-0.39, 0.29) is 0 Å². The van der Waals surface area contributed by atoms with Gasteiger partial charge in [-0.05, 0) is 117 Å². The van der Waals surface area contributed by atoms with Crippen LogP contribution in [0.3, 0.4) is 0 Å². The summed E-state index contributed by atoms with van der Waals surface area (Å²) in [6.45, 7) is 14.8. The van der Waals surface area contributed by atoms with Crippen LogP contribution < -0.4 is 0 Å². The lowest BCUT2D eigenvalue weighted by Gasteiger charge is -2.62. The molecule has 0 aromatic carbocycles. The molecule has 168 valence electrons. The van der Waals surface area contributed by atoms with Gasteiger partial charge in [-0.1, -0.05) is 53.9 Å². The van der Waals surface area contributed by atoms with Crippen molar-refractivity contribution >= 4 is 0 Å². The fraction of sp³-hybridized carbons (Fsp3) is 1.00. The van der Waals surface area contributed by atoms with Crippen molar-refractivity contribution in [2.24, 2.45) is 52.3 Å². The van der Waals surface area contributed by atoms with E-state index in [4.69, 9.17) is 0 Å². The van der Waals surface area contributed by atoms with Crippen LogP contribution in [0.25, 0.3) is 0 Å². The molecule has 0 heterocycles. The van der Waals surface area contributed by atoms with Crippen LogP contribution in [0.1, 0.15) is 119 Å². The van der Waals surface area contributed by atoms with E-state index in [1.54, 1.807) is 0 Å². The van der Waals surface area contributed by atoms with Gasteiger partial charge in [-0.25, -0.2) is 0 Å². The molecule has 4 aliphatic rings. The molecule has 0 saturated heterocycles. The topological polar surface area (TPSA) is 20.2 Å². The van der Waals surface area contributed by atoms with Gasteiger partial charge in [0.15, 0.2) is 0 Å². The van der Waals surface area contributed by atoms with Gasteiger partial charge in [-0.15, -0.1) is 0 Å². The highest BCUT2D eigenvalue weighted by Crippen LogP contribution is 2.68. The zero-order valence-corrected chi connectivity index (χ0v) is 20.5. The molecule has 4 fully saturated rings. The zero-order valence-electron chi connectivity index (χ0n) is 20.5. The maximum Gasteiger partial charge on any atom is 0.0622 e. The third-order valence-electron chi connectivity index (χ3n) is 11.5. The van der Waals surface area contributed by atoms with Crippen LogP contribution in [0.2, 0.25) is 0 Å². The minimum Gasteiger partial charge on any atom is -0.390 e. The maximum atomic E-state index is 10.7. The highest BCUT2D eigenvalue weighted by molar-refractivity contribution is 5.10. The van der Waals surface area contributed by atoms with Gasteiger partial charge in [0.1, 0.15) is 0 Å². The van der Waals surface area contributed by atoms with Crippen molar-refractivity contribution in [3.8, 4) is 0 Å². The number of rotatable bonds is 5. The van der Waals surface area contributed by atoms with Gasteiger partial charge in [0.2, 0.25) is 0 Å². The standard InChI is InChI=1S/C28H50O/c1-7-19(2)8-9-20(3)23-12-13-24-22-11-10-21-18-26(4,29)16-17-27(21,5)25(22)14-15-28(23,24)6/h19-25,29H,7-18H2,1-6H3/t19-,20-,21+,22+,23-,24+,25+,26+,27+,28-/m1/s1. The van der Waals surface area contributed by atoms with E-state index in [2.05, 4.69) is 41.5 Å². The summed E-state index contributed by atoms with van der Waals surface area (Å²) in [5.41, 5.74) is 0.718. The Morgan fingerprint density at radius 3 is 2.28 bits per heavy atom. The molecular formula is C28H50O. The molecule has 4 rings (SSSR count). The third kappa shape index (κ3) is 3.74. The number of hydrogen-bond donors (Lipinski definition) is 1. The molecule has 1 nitrogen and oxygen atoms in total. The van der Waals surface area contributed by atoms with E-state index >= 15 is 0 Å². The Balaban J connectivity index is 1.48. The molecular weight excluding hydrogens is 352 g/mol. The number of aliphatic hydroxyl groups is 1. The Bertz CT molecular complexity index is 581. The molecule has 1 heteroatoms. The van der Waals surface area contributed by atoms with Crippen LogP contribution >= 0.6 is 0 Å². The molecule has 0 amide bonds. The summed E-state index contributed by atoms with van der Waals surface area (Å²) in [5, 5.41) is 10.7. The number of fused-ring (bicyclic) bond motifs is 5. The maximum absolute atomic E-state index is 10.7. The Labute approximate surface area is 181 Å². The van der Waals surface area contributed by atoms with Gasteiger partial charge in [-0.2, -0.15) is 0 Å². The van der Waals surface area contributed by atoms with Gasteiger partial charge in [0, 0.05) is 0 Å². The summed E-state index contributed by atoms with van der Waals surface area (Å²) in [5.74, 6) is 6.44. The summed E-state index contributed by atoms with van der Waals surface area (Å²) in [7, 11) is 0. The number of hydrogen-bond acceptors (Lipinski definition) is 1. The van der Waals surface area contributed by atoms with E-state index < -0.39 is 5.60 Å². The molecule has 0 bridgehead atoms. The largest absolute Gasteiger partial charge is 0.390 e. The Hall–Kier alpha value is -0.0400. The smallest absolute Gasteiger partial charge is 0.0622 e. The predicted octanol–water partition coefficient (Wildman–Crippen LogP) is 7.86. The highest BCUT2D eigenvalue weighted by Gasteiger charge is 2.61. The Morgan fingerprint density at radius 1 is 0.828 bits per heavy atom. The minimum absolute atomic E-state index is 0.399. The average molecular weight is 403 g/mol. The molecule has 4 aliphatic carbocycles. The molecule has 0 aromatic rings.